The Balaban J connectivity index is 1.07. The lowest BCUT2D eigenvalue weighted by atomic mass is 9.65. The number of hydrogen-bond donors (Lipinski definition) is 0. The van der Waals surface area contributed by atoms with Crippen molar-refractivity contribution < 1.29 is 4.42 Å². The molecule has 0 N–H and O–H groups in total. The molecule has 11 aromatic rings. The number of nitrogens with zero attached hydrogens (tertiary/aromatic N) is 2. The molecule has 0 bridgehead atoms. The first-order chi connectivity index (χ1) is 30.7. The summed E-state index contributed by atoms with van der Waals surface area (Å²) in [6.45, 7) is 0. The predicted molar refractivity (Wildman–Crippen MR) is 253 cm³/mol. The van der Waals surface area contributed by atoms with Crippen LogP contribution in [-0.2, 0) is 5.41 Å². The van der Waals surface area contributed by atoms with Gasteiger partial charge in [0, 0.05) is 27.5 Å². The second-order valence-electron chi connectivity index (χ2n) is 16.4. The molecule has 0 fully saturated rings. The molecule has 0 unspecified atom stereocenters. The third-order valence-corrected chi connectivity index (χ3v) is 13.2. The fourth-order valence-electron chi connectivity index (χ4n) is 10.5. The number of furan rings is 1. The highest BCUT2D eigenvalue weighted by Gasteiger charge is 2.49. The topological polar surface area (TPSA) is 38.9 Å². The van der Waals surface area contributed by atoms with Crippen molar-refractivity contribution in [1.29, 1.82) is 0 Å². The minimum absolute atomic E-state index is 0.597. The molecule has 1 spiro atoms. The maximum Gasteiger partial charge on any atom is 0.160 e. The van der Waals surface area contributed by atoms with Crippen LogP contribution in [-0.4, -0.2) is 9.97 Å². The van der Waals surface area contributed by atoms with E-state index < -0.39 is 5.41 Å². The average Bonchev–Trinajstić information content (AvgIpc) is 3.84. The number of para-hydroxylation sites is 2. The van der Waals surface area contributed by atoms with Crippen molar-refractivity contribution in [1.82, 2.24) is 9.97 Å². The van der Waals surface area contributed by atoms with Gasteiger partial charge in [-0.05, 0) is 91.0 Å². The molecule has 2 heterocycles. The molecule has 2 aliphatic rings. The summed E-state index contributed by atoms with van der Waals surface area (Å²) in [6.07, 6.45) is 0. The van der Waals surface area contributed by atoms with Gasteiger partial charge in [0.1, 0.15) is 11.2 Å². The normalized spacial score (nSPS) is 13.0. The van der Waals surface area contributed by atoms with Crippen LogP contribution in [0.1, 0.15) is 22.3 Å². The fourth-order valence-corrected chi connectivity index (χ4v) is 10.5. The van der Waals surface area contributed by atoms with E-state index in [2.05, 4.69) is 200 Å². The molecule has 2 aromatic heterocycles. The molecule has 9 aromatic carbocycles. The summed E-state index contributed by atoms with van der Waals surface area (Å²) in [7, 11) is 0. The molecule has 3 heteroatoms. The van der Waals surface area contributed by atoms with Gasteiger partial charge in [-0.25, -0.2) is 9.97 Å². The van der Waals surface area contributed by atoms with Crippen molar-refractivity contribution in [3.63, 3.8) is 0 Å². The third-order valence-electron chi connectivity index (χ3n) is 13.2. The number of aromatic nitrogens is 2. The molecule has 0 radical (unpaired) electrons. The van der Waals surface area contributed by atoms with Gasteiger partial charge in [-0.1, -0.05) is 194 Å². The van der Waals surface area contributed by atoms with E-state index in [1.54, 1.807) is 0 Å². The maximum atomic E-state index is 6.61. The van der Waals surface area contributed by atoms with Gasteiger partial charge in [-0.3, -0.25) is 0 Å². The lowest BCUT2D eigenvalue weighted by Crippen LogP contribution is -2.29. The van der Waals surface area contributed by atoms with E-state index in [4.69, 9.17) is 14.4 Å². The van der Waals surface area contributed by atoms with E-state index in [-0.39, 0.29) is 0 Å². The number of fused-ring (bicyclic) bond motifs is 15. The smallest absolute Gasteiger partial charge is 0.160 e. The molecule has 0 saturated heterocycles. The van der Waals surface area contributed by atoms with Gasteiger partial charge in [0.25, 0.3) is 0 Å². The van der Waals surface area contributed by atoms with Crippen LogP contribution in [0.4, 0.5) is 0 Å². The predicted octanol–water partition coefficient (Wildman–Crippen LogP) is 15.1. The third kappa shape index (κ3) is 5.00. The van der Waals surface area contributed by atoms with Gasteiger partial charge >= 0.3 is 0 Å². The van der Waals surface area contributed by atoms with Crippen molar-refractivity contribution in [2.75, 3.05) is 0 Å². The molecule has 0 amide bonds. The molecular formula is C59H36N2O. The Morgan fingerprint density at radius 2 is 0.790 bits per heavy atom. The van der Waals surface area contributed by atoms with Gasteiger partial charge < -0.3 is 4.42 Å². The van der Waals surface area contributed by atoms with E-state index in [1.165, 1.54) is 61.2 Å². The van der Waals surface area contributed by atoms with Crippen LogP contribution >= 0.6 is 0 Å². The van der Waals surface area contributed by atoms with E-state index in [9.17, 15) is 0 Å². The van der Waals surface area contributed by atoms with E-state index in [0.29, 0.717) is 5.82 Å². The van der Waals surface area contributed by atoms with Crippen molar-refractivity contribution in [2.24, 2.45) is 0 Å². The van der Waals surface area contributed by atoms with Crippen molar-refractivity contribution >= 4 is 21.9 Å². The van der Waals surface area contributed by atoms with Gasteiger partial charge in [0.15, 0.2) is 5.82 Å². The summed E-state index contributed by atoms with van der Waals surface area (Å²) in [5, 5.41) is 2.15. The first kappa shape index (κ1) is 34.7. The van der Waals surface area contributed by atoms with Crippen LogP contribution in [0.25, 0.3) is 100 Å². The second kappa shape index (κ2) is 13.4. The van der Waals surface area contributed by atoms with Gasteiger partial charge in [-0.15, -0.1) is 0 Å². The molecule has 288 valence electrons. The summed E-state index contributed by atoms with van der Waals surface area (Å²) >= 11 is 0. The molecular weight excluding hydrogens is 753 g/mol. The Morgan fingerprint density at radius 1 is 0.306 bits per heavy atom. The summed E-state index contributed by atoms with van der Waals surface area (Å²) in [6, 6.07) is 78.7. The Labute approximate surface area is 359 Å². The molecule has 3 nitrogen and oxygen atoms in total. The highest BCUT2D eigenvalue weighted by Crippen LogP contribution is 2.61. The SMILES string of the molecule is c1ccc(-c2ccc(-c3nc(-c4ccc5c(c4)C4(c6ccccc6-c6ccccc6-c6ccccc64)c4ccccc4-5)cc(-c4cccc5c4oc4ccccc45)n3)cc2)cc1. The summed E-state index contributed by atoms with van der Waals surface area (Å²) in [5.74, 6) is 0.657. The van der Waals surface area contributed by atoms with Crippen molar-refractivity contribution in [2.45, 2.75) is 5.41 Å². The van der Waals surface area contributed by atoms with Crippen LogP contribution in [0.3, 0.4) is 0 Å². The molecule has 0 atom stereocenters. The summed E-state index contributed by atoms with van der Waals surface area (Å²) in [5.41, 5.74) is 20.5. The highest BCUT2D eigenvalue weighted by molar-refractivity contribution is 6.09. The van der Waals surface area contributed by atoms with E-state index in [1.807, 2.05) is 18.2 Å². The zero-order chi connectivity index (χ0) is 40.8. The minimum atomic E-state index is -0.597. The fraction of sp³-hybridized carbons (Fsp3) is 0.0169. The monoisotopic (exact) mass is 788 g/mol. The lowest BCUT2D eigenvalue weighted by molar-refractivity contribution is 0.670. The maximum absolute atomic E-state index is 6.61. The van der Waals surface area contributed by atoms with Crippen LogP contribution < -0.4 is 0 Å². The summed E-state index contributed by atoms with van der Waals surface area (Å²) < 4.78 is 6.61. The average molecular weight is 789 g/mol. The number of rotatable bonds is 4. The minimum Gasteiger partial charge on any atom is -0.455 e. The largest absolute Gasteiger partial charge is 0.455 e. The van der Waals surface area contributed by atoms with Gasteiger partial charge in [-0.2, -0.15) is 0 Å². The second-order valence-corrected chi connectivity index (χ2v) is 16.4. The highest BCUT2D eigenvalue weighted by atomic mass is 16.3. The quantitative estimate of drug-likeness (QED) is 0.178. The molecule has 2 aliphatic carbocycles. The zero-order valence-electron chi connectivity index (χ0n) is 33.6. The molecule has 62 heavy (non-hydrogen) atoms. The zero-order valence-corrected chi connectivity index (χ0v) is 33.6. The Bertz CT molecular complexity index is 3510. The van der Waals surface area contributed by atoms with Gasteiger partial charge in [0.05, 0.1) is 16.8 Å². The Kier molecular flexibility index (Phi) is 7.52. The Morgan fingerprint density at radius 3 is 1.48 bits per heavy atom. The first-order valence-corrected chi connectivity index (χ1v) is 21.2. The molecule has 0 aliphatic heterocycles. The number of hydrogen-bond acceptors (Lipinski definition) is 3. The summed E-state index contributed by atoms with van der Waals surface area (Å²) in [4.78, 5) is 10.8. The standard InChI is InChI=1S/C59H36N2O/c1-2-15-37(16-3-1)38-29-31-39(32-30-38)58-60-54(36-55(61-58)49-24-14-23-48-47-22-9-13-28-56(47)62-57(48)49)40-33-34-46-45-21-8-12-27-52(45)59(53(46)35-40)50-25-10-6-19-43(50)41-17-4-5-18-42(41)44-20-7-11-26-51(44)59/h1-36H. The van der Waals surface area contributed by atoms with Crippen LogP contribution in [0.2, 0.25) is 0 Å². The van der Waals surface area contributed by atoms with E-state index >= 15 is 0 Å². The lowest BCUT2D eigenvalue weighted by Gasteiger charge is -2.35. The number of benzene rings is 9. The Hall–Kier alpha value is -8.14. The van der Waals surface area contributed by atoms with Crippen LogP contribution in [0, 0.1) is 0 Å². The van der Waals surface area contributed by atoms with Crippen molar-refractivity contribution in [3.8, 4) is 78.4 Å². The van der Waals surface area contributed by atoms with Gasteiger partial charge in [0.2, 0.25) is 0 Å². The first-order valence-electron chi connectivity index (χ1n) is 21.2. The van der Waals surface area contributed by atoms with Crippen molar-refractivity contribution in [3.05, 3.63) is 241 Å². The van der Waals surface area contributed by atoms with E-state index in [0.717, 1.165) is 55.6 Å². The van der Waals surface area contributed by atoms with Crippen LogP contribution in [0.15, 0.2) is 223 Å². The molecule has 0 saturated carbocycles. The molecule has 13 rings (SSSR count). The van der Waals surface area contributed by atoms with Crippen LogP contribution in [0.5, 0.6) is 0 Å².